The summed E-state index contributed by atoms with van der Waals surface area (Å²) in [6, 6.07) is 37.1. The van der Waals surface area contributed by atoms with Crippen LogP contribution in [0.3, 0.4) is 0 Å². The minimum atomic E-state index is 0.266. The van der Waals surface area contributed by atoms with Gasteiger partial charge in [-0.05, 0) is 77.7 Å². The third-order valence-corrected chi connectivity index (χ3v) is 8.24. The van der Waals surface area contributed by atoms with Crippen LogP contribution in [0.25, 0.3) is 55.0 Å². The van der Waals surface area contributed by atoms with E-state index in [0.29, 0.717) is 0 Å². The van der Waals surface area contributed by atoms with Crippen LogP contribution in [0.4, 0.5) is 5.69 Å². The fourth-order valence-corrected chi connectivity index (χ4v) is 6.38. The first-order valence-electron chi connectivity index (χ1n) is 13.7. The lowest BCUT2D eigenvalue weighted by Crippen LogP contribution is -2.34. The van der Waals surface area contributed by atoms with Crippen molar-refractivity contribution < 1.29 is 4.42 Å². The zero-order valence-electron chi connectivity index (χ0n) is 21.8. The lowest BCUT2D eigenvalue weighted by Gasteiger charge is -2.27. The molecule has 2 aliphatic rings. The van der Waals surface area contributed by atoms with E-state index in [1.807, 2.05) is 12.1 Å². The highest BCUT2D eigenvalue weighted by molar-refractivity contribution is 6.19. The van der Waals surface area contributed by atoms with Crippen molar-refractivity contribution in [1.29, 1.82) is 0 Å². The Morgan fingerprint density at radius 1 is 0.718 bits per heavy atom. The van der Waals surface area contributed by atoms with E-state index in [-0.39, 0.29) is 6.17 Å². The van der Waals surface area contributed by atoms with Crippen molar-refractivity contribution in [1.82, 2.24) is 5.32 Å². The summed E-state index contributed by atoms with van der Waals surface area (Å²) in [6.07, 6.45) is 6.94. The molecule has 0 spiro atoms. The van der Waals surface area contributed by atoms with Gasteiger partial charge in [0, 0.05) is 27.5 Å². The Labute approximate surface area is 227 Å². The van der Waals surface area contributed by atoms with Crippen LogP contribution in [0, 0.1) is 0 Å². The Morgan fingerprint density at radius 2 is 1.38 bits per heavy atom. The Morgan fingerprint density at radius 3 is 2.18 bits per heavy atom. The number of nitrogens with one attached hydrogen (secondary N) is 1. The number of allylic oxidation sites excluding steroid dienone is 3. The SMILES string of the molecule is CC1NC2=C(CCC=C2)N1c1ccc(-c2ccc(-c3cc4c5ccccc5oc4c4ccccc34)cc2)cc1. The molecule has 2 heterocycles. The smallest absolute Gasteiger partial charge is 0.143 e. The van der Waals surface area contributed by atoms with Gasteiger partial charge in [-0.25, -0.2) is 0 Å². The predicted octanol–water partition coefficient (Wildman–Crippen LogP) is 9.39. The van der Waals surface area contributed by atoms with Crippen molar-refractivity contribution in [2.24, 2.45) is 0 Å². The fraction of sp³-hybridized carbons (Fsp3) is 0.111. The molecule has 8 rings (SSSR count). The van der Waals surface area contributed by atoms with Crippen molar-refractivity contribution in [2.75, 3.05) is 4.90 Å². The quantitative estimate of drug-likeness (QED) is 0.260. The van der Waals surface area contributed by atoms with Gasteiger partial charge in [0.25, 0.3) is 0 Å². The third-order valence-electron chi connectivity index (χ3n) is 8.24. The molecule has 0 amide bonds. The minimum Gasteiger partial charge on any atom is -0.455 e. The first-order chi connectivity index (χ1) is 19.2. The molecule has 0 saturated carbocycles. The van der Waals surface area contributed by atoms with E-state index in [1.165, 1.54) is 44.7 Å². The van der Waals surface area contributed by atoms with Crippen molar-refractivity contribution >= 4 is 38.4 Å². The molecule has 6 aromatic rings. The second kappa shape index (κ2) is 8.64. The molecule has 188 valence electrons. The van der Waals surface area contributed by atoms with Gasteiger partial charge in [-0.2, -0.15) is 0 Å². The highest BCUT2D eigenvalue weighted by Crippen LogP contribution is 2.40. The molecule has 1 aliphatic heterocycles. The maximum atomic E-state index is 6.30. The molecule has 3 nitrogen and oxygen atoms in total. The Kier molecular flexibility index (Phi) is 4.93. The summed E-state index contributed by atoms with van der Waals surface area (Å²) in [5.74, 6) is 0. The van der Waals surface area contributed by atoms with Crippen molar-refractivity contribution in [3.05, 3.63) is 127 Å². The standard InChI is InChI=1S/C36H28N2O/c1-23-37-33-11-5-6-12-34(33)38(23)27-20-18-25(19-21-27)24-14-16-26(17-15-24)31-22-32-29-9-4-7-13-35(29)39-36(32)30-10-3-2-8-28(30)31/h2-5,7-11,13-23,37H,6,12H2,1H3. The van der Waals surface area contributed by atoms with E-state index in [0.717, 1.165) is 40.2 Å². The van der Waals surface area contributed by atoms with Gasteiger partial charge in [0.1, 0.15) is 17.3 Å². The maximum Gasteiger partial charge on any atom is 0.143 e. The van der Waals surface area contributed by atoms with Crippen molar-refractivity contribution in [3.8, 4) is 22.3 Å². The molecule has 1 unspecified atom stereocenters. The van der Waals surface area contributed by atoms with Crippen molar-refractivity contribution in [3.63, 3.8) is 0 Å². The zero-order chi connectivity index (χ0) is 25.9. The number of anilines is 1. The Balaban J connectivity index is 1.16. The second-order valence-electron chi connectivity index (χ2n) is 10.6. The summed E-state index contributed by atoms with van der Waals surface area (Å²) in [4.78, 5) is 2.44. The van der Waals surface area contributed by atoms with Gasteiger partial charge in [0.2, 0.25) is 0 Å². The van der Waals surface area contributed by atoms with Crippen LogP contribution in [0.15, 0.2) is 131 Å². The molecule has 0 fully saturated rings. The summed E-state index contributed by atoms with van der Waals surface area (Å²) < 4.78 is 6.30. The summed E-state index contributed by atoms with van der Waals surface area (Å²) in [7, 11) is 0. The normalized spacial score (nSPS) is 16.8. The average molecular weight is 505 g/mol. The number of hydrogen-bond donors (Lipinski definition) is 1. The number of fused-ring (bicyclic) bond motifs is 5. The number of furan rings is 1. The third kappa shape index (κ3) is 3.50. The summed E-state index contributed by atoms with van der Waals surface area (Å²) in [5, 5.41) is 8.30. The number of nitrogens with zero attached hydrogens (tertiary/aromatic N) is 1. The first kappa shape index (κ1) is 22.2. The van der Waals surface area contributed by atoms with Gasteiger partial charge in [-0.15, -0.1) is 0 Å². The second-order valence-corrected chi connectivity index (χ2v) is 10.6. The van der Waals surface area contributed by atoms with Crippen LogP contribution < -0.4 is 10.2 Å². The first-order valence-corrected chi connectivity index (χ1v) is 13.7. The number of para-hydroxylation sites is 1. The molecular formula is C36H28N2O. The predicted molar refractivity (Wildman–Crippen MR) is 163 cm³/mol. The summed E-state index contributed by atoms with van der Waals surface area (Å²) >= 11 is 0. The molecule has 1 aliphatic carbocycles. The molecule has 39 heavy (non-hydrogen) atoms. The molecule has 1 atom stereocenters. The van der Waals surface area contributed by atoms with E-state index >= 15 is 0 Å². The number of rotatable bonds is 3. The molecule has 1 N–H and O–H groups in total. The molecule has 0 saturated heterocycles. The van der Waals surface area contributed by atoms with Gasteiger partial charge in [0.15, 0.2) is 0 Å². The lowest BCUT2D eigenvalue weighted by molar-refractivity contribution is 0.663. The molecule has 5 aromatic carbocycles. The lowest BCUT2D eigenvalue weighted by atomic mass is 9.94. The highest BCUT2D eigenvalue weighted by Gasteiger charge is 2.29. The van der Waals surface area contributed by atoms with Crippen LogP contribution in [0.5, 0.6) is 0 Å². The fourth-order valence-electron chi connectivity index (χ4n) is 6.38. The zero-order valence-corrected chi connectivity index (χ0v) is 21.8. The average Bonchev–Trinajstić information content (AvgIpc) is 3.54. The van der Waals surface area contributed by atoms with Gasteiger partial charge >= 0.3 is 0 Å². The van der Waals surface area contributed by atoms with Crippen LogP contribution in [0.2, 0.25) is 0 Å². The molecular weight excluding hydrogens is 476 g/mol. The Hall–Kier alpha value is -4.76. The molecule has 0 radical (unpaired) electrons. The minimum absolute atomic E-state index is 0.266. The Bertz CT molecular complexity index is 1940. The number of benzene rings is 5. The van der Waals surface area contributed by atoms with Crippen LogP contribution in [0.1, 0.15) is 19.8 Å². The largest absolute Gasteiger partial charge is 0.455 e. The van der Waals surface area contributed by atoms with Gasteiger partial charge in [0.05, 0.1) is 5.70 Å². The van der Waals surface area contributed by atoms with Gasteiger partial charge in [-0.3, -0.25) is 0 Å². The van der Waals surface area contributed by atoms with E-state index < -0.39 is 0 Å². The van der Waals surface area contributed by atoms with Gasteiger partial charge < -0.3 is 14.6 Å². The van der Waals surface area contributed by atoms with E-state index in [2.05, 4.69) is 120 Å². The number of hydrogen-bond acceptors (Lipinski definition) is 3. The van der Waals surface area contributed by atoms with Crippen LogP contribution >= 0.6 is 0 Å². The maximum absolute atomic E-state index is 6.30. The monoisotopic (exact) mass is 504 g/mol. The molecule has 0 bridgehead atoms. The topological polar surface area (TPSA) is 28.4 Å². The van der Waals surface area contributed by atoms with Crippen LogP contribution in [-0.4, -0.2) is 6.17 Å². The summed E-state index contributed by atoms with van der Waals surface area (Å²) in [5.41, 5.74) is 10.7. The van der Waals surface area contributed by atoms with Crippen LogP contribution in [-0.2, 0) is 0 Å². The van der Waals surface area contributed by atoms with Crippen molar-refractivity contribution in [2.45, 2.75) is 25.9 Å². The summed E-state index contributed by atoms with van der Waals surface area (Å²) in [6.45, 7) is 2.23. The highest BCUT2D eigenvalue weighted by atomic mass is 16.3. The van der Waals surface area contributed by atoms with E-state index in [9.17, 15) is 0 Å². The van der Waals surface area contributed by atoms with E-state index in [1.54, 1.807) is 0 Å². The van der Waals surface area contributed by atoms with E-state index in [4.69, 9.17) is 4.42 Å². The van der Waals surface area contributed by atoms with Gasteiger partial charge in [-0.1, -0.05) is 84.9 Å². The molecule has 1 aromatic heterocycles. The molecule has 3 heteroatoms.